The monoisotopic (exact) mass is 415 g/mol. The van der Waals surface area contributed by atoms with Crippen molar-refractivity contribution in [3.8, 4) is 0 Å². The summed E-state index contributed by atoms with van der Waals surface area (Å²) < 4.78 is 15.4. The zero-order chi connectivity index (χ0) is 21.2. The molecule has 1 aliphatic rings. The molecule has 0 spiro atoms. The first-order chi connectivity index (χ1) is 14.6. The van der Waals surface area contributed by atoms with Crippen LogP contribution in [-0.4, -0.2) is 32.9 Å². The summed E-state index contributed by atoms with van der Waals surface area (Å²) >= 11 is 0. The summed E-state index contributed by atoms with van der Waals surface area (Å²) in [5.41, 5.74) is 2.02. The Labute approximate surface area is 176 Å². The van der Waals surface area contributed by atoms with Crippen LogP contribution in [0, 0.1) is 11.7 Å². The lowest BCUT2D eigenvalue weighted by Gasteiger charge is -2.29. The highest BCUT2D eigenvalue weighted by molar-refractivity contribution is 5.90. The van der Waals surface area contributed by atoms with E-state index in [2.05, 4.69) is 10.1 Å². The molecule has 1 saturated carbocycles. The van der Waals surface area contributed by atoms with Gasteiger partial charge in [-0.2, -0.15) is 0 Å². The molecule has 0 radical (unpaired) electrons. The molecule has 1 heterocycles. The van der Waals surface area contributed by atoms with Crippen LogP contribution in [0.1, 0.15) is 63.0 Å². The second kappa shape index (κ2) is 11.5. The van der Waals surface area contributed by atoms with Crippen LogP contribution in [0.2, 0.25) is 0 Å². The number of nitrogens with zero attached hydrogens (tertiary/aromatic N) is 3. The maximum Gasteiger partial charge on any atom is 0.303 e. The molecule has 1 aliphatic carbocycles. The smallest absolute Gasteiger partial charge is 0.303 e. The van der Waals surface area contributed by atoms with Crippen LogP contribution in [0.15, 0.2) is 48.1 Å². The first-order valence-corrected chi connectivity index (χ1v) is 10.8. The molecule has 0 amide bonds. The molecule has 3 rings (SSSR count). The Hall–Kier alpha value is -2.70. The summed E-state index contributed by atoms with van der Waals surface area (Å²) in [5, 5.41) is 13.3. The molecular weight excluding hydrogens is 385 g/mol. The van der Waals surface area contributed by atoms with Crippen LogP contribution in [0.4, 0.5) is 4.39 Å². The van der Waals surface area contributed by atoms with Crippen molar-refractivity contribution in [2.75, 3.05) is 6.61 Å². The Balaban J connectivity index is 1.77. The number of aliphatic carboxylic acids is 1. The summed E-state index contributed by atoms with van der Waals surface area (Å²) in [4.78, 5) is 20.5. The largest absolute Gasteiger partial charge is 0.481 e. The zero-order valence-electron chi connectivity index (χ0n) is 17.3. The third-order valence-electron chi connectivity index (χ3n) is 5.64. The Kier molecular flexibility index (Phi) is 8.41. The number of imidazole rings is 1. The maximum atomic E-state index is 13.4. The van der Waals surface area contributed by atoms with Gasteiger partial charge in [-0.3, -0.25) is 4.79 Å². The summed E-state index contributed by atoms with van der Waals surface area (Å²) in [5.74, 6) is -0.699. The van der Waals surface area contributed by atoms with E-state index >= 15 is 0 Å². The van der Waals surface area contributed by atoms with E-state index in [0.29, 0.717) is 31.8 Å². The summed E-state index contributed by atoms with van der Waals surface area (Å²) in [7, 11) is 0. The fourth-order valence-corrected chi connectivity index (χ4v) is 4.03. The molecule has 0 saturated heterocycles. The highest BCUT2D eigenvalue weighted by Crippen LogP contribution is 2.31. The van der Waals surface area contributed by atoms with Crippen LogP contribution >= 0.6 is 0 Å². The number of carbonyl (C=O) groups is 1. The van der Waals surface area contributed by atoms with Crippen LogP contribution in [-0.2, 0) is 16.1 Å². The Morgan fingerprint density at radius 3 is 2.67 bits per heavy atom. The number of rotatable bonds is 11. The van der Waals surface area contributed by atoms with Crippen molar-refractivity contribution in [1.82, 2.24) is 9.55 Å². The molecule has 0 aliphatic heterocycles. The molecule has 1 unspecified atom stereocenters. The van der Waals surface area contributed by atoms with Crippen molar-refractivity contribution in [2.45, 2.75) is 63.8 Å². The van der Waals surface area contributed by atoms with Gasteiger partial charge in [-0.1, -0.05) is 36.6 Å². The van der Waals surface area contributed by atoms with Gasteiger partial charge in [0.2, 0.25) is 0 Å². The van der Waals surface area contributed by atoms with Crippen LogP contribution in [0.3, 0.4) is 0 Å². The number of unbranched alkanes of at least 4 members (excludes halogenated alkanes) is 1. The van der Waals surface area contributed by atoms with E-state index in [1.54, 1.807) is 12.5 Å². The van der Waals surface area contributed by atoms with Gasteiger partial charge >= 0.3 is 5.97 Å². The second-order valence-corrected chi connectivity index (χ2v) is 7.89. The topological polar surface area (TPSA) is 76.7 Å². The third kappa shape index (κ3) is 6.68. The standard InChI is InChI=1S/C23H30FN3O3/c24-20-11-9-18(10-12-20)16-21(27-14-13-25-17-27)23(19-6-2-1-3-7-19)26-30-15-5-4-8-22(28)29/h9-14,17,19,21H,1-8,15-16H2,(H,28,29). The summed E-state index contributed by atoms with van der Waals surface area (Å²) in [6.07, 6.45) is 13.3. The van der Waals surface area contributed by atoms with Gasteiger partial charge in [0.25, 0.3) is 0 Å². The molecular formula is C23H30FN3O3. The van der Waals surface area contributed by atoms with Gasteiger partial charge in [0, 0.05) is 24.7 Å². The average Bonchev–Trinajstić information content (AvgIpc) is 3.28. The molecule has 1 aromatic heterocycles. The van der Waals surface area contributed by atoms with E-state index in [1.165, 1.54) is 31.4 Å². The first kappa shape index (κ1) is 22.0. The predicted molar refractivity (Wildman–Crippen MR) is 113 cm³/mol. The second-order valence-electron chi connectivity index (χ2n) is 7.89. The van der Waals surface area contributed by atoms with Crippen LogP contribution < -0.4 is 0 Å². The molecule has 7 heteroatoms. The van der Waals surface area contributed by atoms with Crippen LogP contribution in [0.5, 0.6) is 0 Å². The minimum absolute atomic E-state index is 0.0555. The van der Waals surface area contributed by atoms with E-state index in [-0.39, 0.29) is 18.3 Å². The van der Waals surface area contributed by atoms with Gasteiger partial charge in [0.1, 0.15) is 12.4 Å². The van der Waals surface area contributed by atoms with Gasteiger partial charge in [0.05, 0.1) is 18.1 Å². The number of carboxylic acid groups (broad SMARTS) is 1. The number of oxime groups is 1. The first-order valence-electron chi connectivity index (χ1n) is 10.8. The summed E-state index contributed by atoms with van der Waals surface area (Å²) in [6, 6.07) is 6.53. The number of hydrogen-bond donors (Lipinski definition) is 1. The molecule has 0 bridgehead atoms. The van der Waals surface area contributed by atoms with E-state index in [9.17, 15) is 9.18 Å². The van der Waals surface area contributed by atoms with Gasteiger partial charge in [-0.25, -0.2) is 9.37 Å². The predicted octanol–water partition coefficient (Wildman–Crippen LogP) is 5.01. The SMILES string of the molecule is O=C(O)CCCCON=C(C1CCCCC1)C(Cc1ccc(F)cc1)n1ccnc1. The number of aromatic nitrogens is 2. The minimum Gasteiger partial charge on any atom is -0.481 e. The van der Waals surface area contributed by atoms with Gasteiger partial charge < -0.3 is 14.5 Å². The Morgan fingerprint density at radius 1 is 1.23 bits per heavy atom. The van der Waals surface area contributed by atoms with Crippen molar-refractivity contribution in [2.24, 2.45) is 11.1 Å². The van der Waals surface area contributed by atoms with E-state index in [1.807, 2.05) is 22.9 Å². The zero-order valence-corrected chi connectivity index (χ0v) is 17.3. The molecule has 1 fully saturated rings. The van der Waals surface area contributed by atoms with Gasteiger partial charge in [0.15, 0.2) is 0 Å². The quantitative estimate of drug-likeness (QED) is 0.318. The molecule has 1 aromatic carbocycles. The number of hydrogen-bond acceptors (Lipinski definition) is 4. The van der Waals surface area contributed by atoms with Gasteiger partial charge in [-0.15, -0.1) is 0 Å². The highest BCUT2D eigenvalue weighted by Gasteiger charge is 2.28. The van der Waals surface area contributed by atoms with Crippen LogP contribution in [0.25, 0.3) is 0 Å². The lowest BCUT2D eigenvalue weighted by Crippen LogP contribution is -2.29. The number of halogens is 1. The minimum atomic E-state index is -0.791. The highest BCUT2D eigenvalue weighted by atomic mass is 19.1. The Bertz CT molecular complexity index is 800. The van der Waals surface area contributed by atoms with Crippen molar-refractivity contribution >= 4 is 11.7 Å². The fraction of sp³-hybridized carbons (Fsp3) is 0.522. The lowest BCUT2D eigenvalue weighted by molar-refractivity contribution is -0.137. The number of carboxylic acids is 1. The van der Waals surface area contributed by atoms with E-state index in [4.69, 9.17) is 9.94 Å². The lowest BCUT2D eigenvalue weighted by atomic mass is 9.82. The van der Waals surface area contributed by atoms with Crippen molar-refractivity contribution in [1.29, 1.82) is 0 Å². The average molecular weight is 416 g/mol. The van der Waals surface area contributed by atoms with Crippen molar-refractivity contribution < 1.29 is 19.1 Å². The van der Waals surface area contributed by atoms with Crippen molar-refractivity contribution in [3.63, 3.8) is 0 Å². The number of benzene rings is 1. The summed E-state index contributed by atoms with van der Waals surface area (Å²) in [6.45, 7) is 0.400. The molecule has 1 N–H and O–H groups in total. The maximum absolute atomic E-state index is 13.4. The van der Waals surface area contributed by atoms with E-state index in [0.717, 1.165) is 24.1 Å². The molecule has 162 valence electrons. The van der Waals surface area contributed by atoms with Crippen molar-refractivity contribution in [3.05, 3.63) is 54.4 Å². The molecule has 6 nitrogen and oxygen atoms in total. The van der Waals surface area contributed by atoms with E-state index < -0.39 is 5.97 Å². The molecule has 30 heavy (non-hydrogen) atoms. The van der Waals surface area contributed by atoms with Gasteiger partial charge in [-0.05, 0) is 49.8 Å². The molecule has 2 aromatic rings. The third-order valence-corrected chi connectivity index (χ3v) is 5.64. The molecule has 1 atom stereocenters. The fourth-order valence-electron chi connectivity index (χ4n) is 4.03. The normalized spacial score (nSPS) is 16.4. The Morgan fingerprint density at radius 2 is 2.00 bits per heavy atom.